The average molecular weight is 332 g/mol. The number of nitrogens with one attached hydrogen (secondary N) is 1. The zero-order valence-corrected chi connectivity index (χ0v) is 12.5. The standard InChI is InChI=1S/C14H10BrN3S/c1-18(13-7-6-12(15)19-13)14-10(8-16)9-4-2-3-5-11(9)17-14/h2-7,17H,1H3. The fourth-order valence-electron chi connectivity index (χ4n) is 2.09. The molecular weight excluding hydrogens is 322 g/mol. The van der Waals surface area contributed by atoms with Crippen molar-refractivity contribution in [2.75, 3.05) is 11.9 Å². The number of aromatic amines is 1. The summed E-state index contributed by atoms with van der Waals surface area (Å²) in [6.07, 6.45) is 0. The van der Waals surface area contributed by atoms with Gasteiger partial charge in [-0.05, 0) is 34.1 Å². The summed E-state index contributed by atoms with van der Waals surface area (Å²) in [6, 6.07) is 14.2. The minimum absolute atomic E-state index is 0.683. The summed E-state index contributed by atoms with van der Waals surface area (Å²) in [5.41, 5.74) is 1.67. The maximum Gasteiger partial charge on any atom is 0.130 e. The Bertz CT molecular complexity index is 781. The highest BCUT2D eigenvalue weighted by Crippen LogP contribution is 2.36. The normalized spacial score (nSPS) is 10.6. The second kappa shape index (κ2) is 4.72. The summed E-state index contributed by atoms with van der Waals surface area (Å²) in [6.45, 7) is 0. The van der Waals surface area contributed by atoms with E-state index in [0.717, 1.165) is 25.5 Å². The minimum atomic E-state index is 0.683. The first-order chi connectivity index (χ1) is 9.20. The zero-order valence-electron chi connectivity index (χ0n) is 10.1. The van der Waals surface area contributed by atoms with E-state index in [2.05, 4.69) is 27.0 Å². The number of H-pyrrole nitrogens is 1. The number of halogens is 1. The molecule has 0 spiro atoms. The molecule has 1 aromatic carbocycles. The number of nitriles is 1. The first-order valence-electron chi connectivity index (χ1n) is 5.70. The van der Waals surface area contributed by atoms with Gasteiger partial charge >= 0.3 is 0 Å². The van der Waals surface area contributed by atoms with Crippen molar-refractivity contribution in [1.82, 2.24) is 4.98 Å². The maximum atomic E-state index is 9.40. The van der Waals surface area contributed by atoms with E-state index in [1.165, 1.54) is 0 Å². The van der Waals surface area contributed by atoms with E-state index in [4.69, 9.17) is 0 Å². The Morgan fingerprint density at radius 3 is 2.74 bits per heavy atom. The Hall–Kier alpha value is -1.77. The third-order valence-electron chi connectivity index (χ3n) is 3.02. The van der Waals surface area contributed by atoms with E-state index in [1.807, 2.05) is 48.3 Å². The molecule has 2 heterocycles. The first kappa shape index (κ1) is 12.3. The fourth-order valence-corrected chi connectivity index (χ4v) is 3.42. The van der Waals surface area contributed by atoms with Crippen LogP contribution in [-0.2, 0) is 0 Å². The van der Waals surface area contributed by atoms with Gasteiger partial charge in [-0.3, -0.25) is 0 Å². The molecule has 3 rings (SSSR count). The number of para-hydroxylation sites is 1. The summed E-state index contributed by atoms with van der Waals surface area (Å²) in [5, 5.41) is 11.4. The summed E-state index contributed by atoms with van der Waals surface area (Å²) in [4.78, 5) is 5.33. The Morgan fingerprint density at radius 1 is 1.26 bits per heavy atom. The van der Waals surface area contributed by atoms with Gasteiger partial charge < -0.3 is 9.88 Å². The molecule has 0 aliphatic carbocycles. The molecule has 3 nitrogen and oxygen atoms in total. The molecule has 0 amide bonds. The molecule has 0 aliphatic rings. The topological polar surface area (TPSA) is 42.8 Å². The molecule has 0 saturated heterocycles. The third-order valence-corrected chi connectivity index (χ3v) is 4.72. The second-order valence-corrected chi connectivity index (χ2v) is 6.58. The van der Waals surface area contributed by atoms with Crippen molar-refractivity contribution in [2.45, 2.75) is 0 Å². The molecular formula is C14H10BrN3S. The van der Waals surface area contributed by atoms with Gasteiger partial charge in [0.05, 0.1) is 8.79 Å². The number of benzene rings is 1. The molecule has 2 aromatic heterocycles. The number of hydrogen-bond acceptors (Lipinski definition) is 3. The van der Waals surface area contributed by atoms with Crippen LogP contribution >= 0.6 is 27.3 Å². The van der Waals surface area contributed by atoms with E-state index in [1.54, 1.807) is 11.3 Å². The van der Waals surface area contributed by atoms with Crippen molar-refractivity contribution in [1.29, 1.82) is 5.26 Å². The molecule has 0 bridgehead atoms. The van der Waals surface area contributed by atoms with E-state index in [0.29, 0.717) is 5.56 Å². The molecule has 1 N–H and O–H groups in total. The molecule has 0 atom stereocenters. The van der Waals surface area contributed by atoms with Crippen molar-refractivity contribution in [3.05, 3.63) is 45.7 Å². The van der Waals surface area contributed by atoms with Crippen LogP contribution in [0.5, 0.6) is 0 Å². The van der Waals surface area contributed by atoms with Crippen LogP contribution in [0.2, 0.25) is 0 Å². The van der Waals surface area contributed by atoms with Crippen LogP contribution in [0, 0.1) is 11.3 Å². The van der Waals surface area contributed by atoms with Crippen LogP contribution in [0.4, 0.5) is 10.8 Å². The predicted octanol–water partition coefficient (Wildman–Crippen LogP) is 4.63. The molecule has 94 valence electrons. The van der Waals surface area contributed by atoms with Crippen LogP contribution in [-0.4, -0.2) is 12.0 Å². The summed E-state index contributed by atoms with van der Waals surface area (Å²) >= 11 is 5.09. The lowest BCUT2D eigenvalue weighted by molar-refractivity contribution is 1.18. The van der Waals surface area contributed by atoms with E-state index in [-0.39, 0.29) is 0 Å². The molecule has 0 fully saturated rings. The third kappa shape index (κ3) is 2.03. The quantitative estimate of drug-likeness (QED) is 0.743. The maximum absolute atomic E-state index is 9.40. The number of fused-ring (bicyclic) bond motifs is 1. The van der Waals surface area contributed by atoms with Crippen LogP contribution in [0.25, 0.3) is 10.9 Å². The van der Waals surface area contributed by atoms with E-state index < -0.39 is 0 Å². The highest BCUT2D eigenvalue weighted by Gasteiger charge is 2.16. The number of rotatable bonds is 2. The van der Waals surface area contributed by atoms with Gasteiger partial charge in [-0.25, -0.2) is 0 Å². The van der Waals surface area contributed by atoms with Crippen molar-refractivity contribution in [3.8, 4) is 6.07 Å². The monoisotopic (exact) mass is 331 g/mol. The molecule has 0 radical (unpaired) electrons. The number of hydrogen-bond donors (Lipinski definition) is 1. The van der Waals surface area contributed by atoms with Crippen molar-refractivity contribution in [3.63, 3.8) is 0 Å². The Labute approximate surface area is 123 Å². The largest absolute Gasteiger partial charge is 0.340 e. The molecule has 0 aliphatic heterocycles. The Morgan fingerprint density at radius 2 is 2.05 bits per heavy atom. The lowest BCUT2D eigenvalue weighted by atomic mass is 10.2. The van der Waals surface area contributed by atoms with Gasteiger partial charge in [-0.1, -0.05) is 18.2 Å². The van der Waals surface area contributed by atoms with E-state index in [9.17, 15) is 5.26 Å². The number of anilines is 2. The van der Waals surface area contributed by atoms with Gasteiger partial charge in [0.2, 0.25) is 0 Å². The Kier molecular flexibility index (Phi) is 3.05. The minimum Gasteiger partial charge on any atom is -0.340 e. The number of thiophene rings is 1. The molecule has 5 heteroatoms. The van der Waals surface area contributed by atoms with Gasteiger partial charge in [-0.2, -0.15) is 5.26 Å². The molecule has 0 saturated carbocycles. The highest BCUT2D eigenvalue weighted by atomic mass is 79.9. The van der Waals surface area contributed by atoms with Crippen LogP contribution in [0.1, 0.15) is 5.56 Å². The van der Waals surface area contributed by atoms with Crippen molar-refractivity contribution in [2.24, 2.45) is 0 Å². The van der Waals surface area contributed by atoms with Gasteiger partial charge in [-0.15, -0.1) is 11.3 Å². The van der Waals surface area contributed by atoms with Gasteiger partial charge in [0, 0.05) is 18.0 Å². The van der Waals surface area contributed by atoms with Crippen molar-refractivity contribution < 1.29 is 0 Å². The van der Waals surface area contributed by atoms with Gasteiger partial charge in [0.25, 0.3) is 0 Å². The number of nitrogens with zero attached hydrogens (tertiary/aromatic N) is 2. The zero-order chi connectivity index (χ0) is 13.4. The summed E-state index contributed by atoms with van der Waals surface area (Å²) in [5.74, 6) is 0.832. The first-order valence-corrected chi connectivity index (χ1v) is 7.31. The fraction of sp³-hybridized carbons (Fsp3) is 0.0714. The van der Waals surface area contributed by atoms with Gasteiger partial charge in [0.1, 0.15) is 17.5 Å². The van der Waals surface area contributed by atoms with Crippen LogP contribution < -0.4 is 4.90 Å². The lowest BCUT2D eigenvalue weighted by Gasteiger charge is -2.15. The van der Waals surface area contributed by atoms with Crippen LogP contribution in [0.3, 0.4) is 0 Å². The summed E-state index contributed by atoms with van der Waals surface area (Å²) in [7, 11) is 1.96. The van der Waals surface area contributed by atoms with Crippen LogP contribution in [0.15, 0.2) is 40.2 Å². The molecule has 19 heavy (non-hydrogen) atoms. The average Bonchev–Trinajstić information content (AvgIpc) is 3.01. The Balaban J connectivity index is 2.17. The van der Waals surface area contributed by atoms with Gasteiger partial charge in [0.15, 0.2) is 0 Å². The van der Waals surface area contributed by atoms with E-state index >= 15 is 0 Å². The highest BCUT2D eigenvalue weighted by molar-refractivity contribution is 9.11. The predicted molar refractivity (Wildman–Crippen MR) is 83.1 cm³/mol. The SMILES string of the molecule is CN(c1ccc(Br)s1)c1[nH]c2ccccc2c1C#N. The molecule has 3 aromatic rings. The number of aromatic nitrogens is 1. The smallest absolute Gasteiger partial charge is 0.130 e. The second-order valence-electron chi connectivity index (χ2n) is 4.14. The summed E-state index contributed by atoms with van der Waals surface area (Å²) < 4.78 is 1.07. The lowest BCUT2D eigenvalue weighted by Crippen LogP contribution is -2.09. The molecule has 0 unspecified atom stereocenters. The van der Waals surface area contributed by atoms with Crippen molar-refractivity contribution >= 4 is 49.0 Å².